The summed E-state index contributed by atoms with van der Waals surface area (Å²) in [5, 5.41) is 0. The number of aryl methyl sites for hydroxylation is 4. The highest BCUT2D eigenvalue weighted by Gasteiger charge is 2.37. The maximum Gasteiger partial charge on any atom is 0.339 e. The summed E-state index contributed by atoms with van der Waals surface area (Å²) in [6, 6.07) is 33.6. The van der Waals surface area contributed by atoms with Gasteiger partial charge >= 0.3 is 11.9 Å². The van der Waals surface area contributed by atoms with Gasteiger partial charge in [-0.25, -0.2) is 9.59 Å². The Morgan fingerprint density at radius 3 is 1.04 bits per heavy atom. The lowest BCUT2D eigenvalue weighted by Gasteiger charge is -2.21. The summed E-state index contributed by atoms with van der Waals surface area (Å²) in [6.07, 6.45) is 32.8. The number of carbonyl (C=O) groups excluding carboxylic acids is 2. The Labute approximate surface area is 423 Å². The monoisotopic (exact) mass is 943 g/mol. The molecule has 4 nitrogen and oxygen atoms in total. The van der Waals surface area contributed by atoms with Gasteiger partial charge in [0.1, 0.15) is 0 Å². The third-order valence-electron chi connectivity index (χ3n) is 15.3. The van der Waals surface area contributed by atoms with E-state index in [2.05, 4.69) is 100 Å². The van der Waals surface area contributed by atoms with Gasteiger partial charge in [0.15, 0.2) is 12.2 Å². The van der Waals surface area contributed by atoms with Crippen LogP contribution in [0.1, 0.15) is 259 Å². The van der Waals surface area contributed by atoms with Gasteiger partial charge in [0.25, 0.3) is 0 Å². The van der Waals surface area contributed by atoms with E-state index in [4.69, 9.17) is 9.47 Å². The largest absolute Gasteiger partial charge is 0.449 e. The van der Waals surface area contributed by atoms with Crippen LogP contribution in [0.25, 0.3) is 22.3 Å². The lowest BCUT2D eigenvalue weighted by atomic mass is 9.91. The zero-order chi connectivity index (χ0) is 48.9. The first kappa shape index (κ1) is 52.9. The Morgan fingerprint density at radius 1 is 0.357 bits per heavy atom. The van der Waals surface area contributed by atoms with E-state index >= 15 is 0 Å². The number of esters is 2. The van der Waals surface area contributed by atoms with E-state index in [0.29, 0.717) is 0 Å². The summed E-state index contributed by atoms with van der Waals surface area (Å²) < 4.78 is 13.4. The lowest BCUT2D eigenvalue weighted by molar-refractivity contribution is 0.0336. The first-order chi connectivity index (χ1) is 34.5. The van der Waals surface area contributed by atoms with Crippen molar-refractivity contribution in [2.45, 2.75) is 220 Å². The fraction of sp³-hybridized carbons (Fsp3) is 0.515. The van der Waals surface area contributed by atoms with Crippen LogP contribution in [0.3, 0.4) is 0 Å². The van der Waals surface area contributed by atoms with E-state index in [9.17, 15) is 9.59 Å². The predicted molar refractivity (Wildman–Crippen MR) is 293 cm³/mol. The molecule has 70 heavy (non-hydrogen) atoms. The normalized spacial score (nSPS) is 14.3. The van der Waals surface area contributed by atoms with Crippen molar-refractivity contribution in [3.05, 3.63) is 153 Å². The van der Waals surface area contributed by atoms with E-state index < -0.39 is 24.1 Å². The molecule has 2 atom stereocenters. The molecule has 0 heterocycles. The Kier molecular flexibility index (Phi) is 21.3. The average Bonchev–Trinajstić information content (AvgIpc) is 3.87. The molecule has 0 saturated carbocycles. The molecule has 0 aromatic heterocycles. The molecule has 4 heteroatoms. The Morgan fingerprint density at radius 2 is 0.671 bits per heavy atom. The van der Waals surface area contributed by atoms with E-state index in [1.165, 1.54) is 175 Å². The van der Waals surface area contributed by atoms with Crippen molar-refractivity contribution in [2.75, 3.05) is 0 Å². The molecule has 0 aliphatic heterocycles. The highest BCUT2D eigenvalue weighted by molar-refractivity contribution is 6.04. The van der Waals surface area contributed by atoms with Gasteiger partial charge in [-0.2, -0.15) is 0 Å². The van der Waals surface area contributed by atoms with Gasteiger partial charge < -0.3 is 9.47 Å². The lowest BCUT2D eigenvalue weighted by Crippen LogP contribution is -2.18. The maximum atomic E-state index is 14.8. The molecule has 374 valence electrons. The smallest absolute Gasteiger partial charge is 0.339 e. The van der Waals surface area contributed by atoms with Gasteiger partial charge in [0.05, 0.1) is 11.1 Å². The molecule has 5 aromatic carbocycles. The third-order valence-corrected chi connectivity index (χ3v) is 15.3. The topological polar surface area (TPSA) is 52.6 Å². The second kappa shape index (κ2) is 28.2. The molecule has 0 saturated heterocycles. The van der Waals surface area contributed by atoms with E-state index in [1.54, 1.807) is 12.1 Å². The van der Waals surface area contributed by atoms with Gasteiger partial charge in [-0.3, -0.25) is 0 Å². The molecule has 0 fully saturated rings. The predicted octanol–water partition coefficient (Wildman–Crippen LogP) is 19.2. The highest BCUT2D eigenvalue weighted by atomic mass is 16.6. The highest BCUT2D eigenvalue weighted by Crippen LogP contribution is 2.50. The number of fused-ring (bicyclic) bond motifs is 6. The van der Waals surface area contributed by atoms with E-state index in [1.807, 2.05) is 12.1 Å². The van der Waals surface area contributed by atoms with Crippen LogP contribution in [0, 0.1) is 0 Å². The van der Waals surface area contributed by atoms with Crippen LogP contribution in [0.4, 0.5) is 0 Å². The molecule has 2 aliphatic rings. The second-order valence-corrected chi connectivity index (χ2v) is 20.8. The van der Waals surface area contributed by atoms with Crippen LogP contribution in [0.2, 0.25) is 0 Å². The molecule has 5 aromatic rings. The van der Waals surface area contributed by atoms with Crippen LogP contribution in [0.5, 0.6) is 0 Å². The van der Waals surface area contributed by atoms with Gasteiger partial charge in [-0.15, -0.1) is 0 Å². The van der Waals surface area contributed by atoms with Gasteiger partial charge in [0, 0.05) is 22.3 Å². The fourth-order valence-electron chi connectivity index (χ4n) is 11.4. The van der Waals surface area contributed by atoms with Crippen LogP contribution in [0.15, 0.2) is 97.1 Å². The fourth-order valence-corrected chi connectivity index (χ4v) is 11.4. The summed E-state index contributed by atoms with van der Waals surface area (Å²) in [5.41, 5.74) is 14.7. The number of benzene rings is 5. The zero-order valence-electron chi connectivity index (χ0n) is 43.8. The van der Waals surface area contributed by atoms with Crippen molar-refractivity contribution in [2.24, 2.45) is 0 Å². The molecule has 0 N–H and O–H groups in total. The quantitative estimate of drug-likeness (QED) is 0.0318. The summed E-state index contributed by atoms with van der Waals surface area (Å²) >= 11 is 0. The first-order valence-electron chi connectivity index (χ1n) is 28.5. The van der Waals surface area contributed by atoms with E-state index in [0.717, 1.165) is 71.9 Å². The van der Waals surface area contributed by atoms with Crippen molar-refractivity contribution in [1.82, 2.24) is 0 Å². The molecular formula is C66H86O4. The number of ether oxygens (including phenoxy) is 2. The molecule has 0 amide bonds. The minimum Gasteiger partial charge on any atom is -0.449 e. The number of hydrogen-bond donors (Lipinski definition) is 0. The molecule has 2 aliphatic carbocycles. The summed E-state index contributed by atoms with van der Waals surface area (Å²) in [7, 11) is 0. The van der Waals surface area contributed by atoms with Crippen molar-refractivity contribution in [3.63, 3.8) is 0 Å². The first-order valence-corrected chi connectivity index (χ1v) is 28.5. The molecule has 0 radical (unpaired) electrons. The summed E-state index contributed by atoms with van der Waals surface area (Å²) in [6.45, 7) is 9.09. The van der Waals surface area contributed by atoms with Crippen LogP contribution in [-0.4, -0.2) is 11.9 Å². The maximum absolute atomic E-state index is 14.8. The van der Waals surface area contributed by atoms with Crippen molar-refractivity contribution in [1.29, 1.82) is 0 Å². The number of rotatable bonds is 32. The standard InChI is InChI=1S/C66H86O4/c1-5-9-13-17-21-25-35-49-45-51(37-27-23-19-15-11-7-3)61-59(47-49)53-39-29-31-41-55(53)63(61)69-65(67)57-43-33-34-44-58(57)66(68)70-64-56-42-32-30-40-54(56)60-48-50(36-26-22-18-14-10-6-2)46-52(62(60)64)38-28-24-20-16-12-8-4/h29-34,39-48,63-64H,5-28,35-38H2,1-4H3. The van der Waals surface area contributed by atoms with Crippen LogP contribution >= 0.6 is 0 Å². The van der Waals surface area contributed by atoms with Crippen LogP contribution in [-0.2, 0) is 35.2 Å². The molecule has 0 bridgehead atoms. The third kappa shape index (κ3) is 13.9. The average molecular weight is 943 g/mol. The molecule has 0 spiro atoms. The van der Waals surface area contributed by atoms with Gasteiger partial charge in [-0.05, 0) is 108 Å². The number of hydrogen-bond acceptors (Lipinski definition) is 4. The van der Waals surface area contributed by atoms with Gasteiger partial charge in [0.2, 0.25) is 0 Å². The summed E-state index contributed by atoms with van der Waals surface area (Å²) in [4.78, 5) is 29.6. The summed E-state index contributed by atoms with van der Waals surface area (Å²) in [5.74, 6) is -1.01. The minimum absolute atomic E-state index is 0.240. The zero-order valence-corrected chi connectivity index (χ0v) is 43.8. The Bertz CT molecular complexity index is 2260. The molecule has 2 unspecified atom stereocenters. The molecular weight excluding hydrogens is 857 g/mol. The SMILES string of the molecule is CCCCCCCCc1cc(CCCCCCCC)c2c(c1)-c1ccccc1C2OC(=O)c1ccccc1C(=O)OC1c2ccccc2-c2cc(CCCCCCCC)cc(CCCCCCCC)c21. The second-order valence-electron chi connectivity index (χ2n) is 20.8. The minimum atomic E-state index is -0.565. The van der Waals surface area contributed by atoms with Crippen molar-refractivity contribution >= 4 is 11.9 Å². The number of unbranched alkanes of at least 4 members (excludes halogenated alkanes) is 20. The molecule has 7 rings (SSSR count). The van der Waals surface area contributed by atoms with Crippen LogP contribution < -0.4 is 0 Å². The van der Waals surface area contributed by atoms with Crippen molar-refractivity contribution < 1.29 is 19.1 Å². The Balaban J connectivity index is 1.15. The number of carbonyl (C=O) groups is 2. The van der Waals surface area contributed by atoms with Gasteiger partial charge in [-0.1, -0.05) is 241 Å². The van der Waals surface area contributed by atoms with E-state index in [-0.39, 0.29) is 11.1 Å². The Hall–Kier alpha value is -4.96. The van der Waals surface area contributed by atoms with Crippen molar-refractivity contribution in [3.8, 4) is 22.3 Å².